The summed E-state index contributed by atoms with van der Waals surface area (Å²) in [5, 5.41) is 7.05. The highest BCUT2D eigenvalue weighted by molar-refractivity contribution is 6.31. The van der Waals surface area contributed by atoms with Crippen LogP contribution in [0.3, 0.4) is 0 Å². The third-order valence-corrected chi connectivity index (χ3v) is 6.27. The van der Waals surface area contributed by atoms with Crippen LogP contribution in [0.25, 0.3) is 0 Å². The molecule has 4 rings (SSSR count). The molecular weight excluding hydrogens is 402 g/mol. The van der Waals surface area contributed by atoms with Crippen molar-refractivity contribution in [2.24, 2.45) is 0 Å². The van der Waals surface area contributed by atoms with Crippen molar-refractivity contribution in [1.82, 2.24) is 5.32 Å². The number of anilines is 1. The van der Waals surface area contributed by atoms with E-state index >= 15 is 0 Å². The summed E-state index contributed by atoms with van der Waals surface area (Å²) in [6.07, 6.45) is 2.30. The molecule has 3 unspecified atom stereocenters. The lowest BCUT2D eigenvalue weighted by Gasteiger charge is -2.30. The van der Waals surface area contributed by atoms with Gasteiger partial charge >= 0.3 is 0 Å². The minimum absolute atomic E-state index is 0.0471. The summed E-state index contributed by atoms with van der Waals surface area (Å²) in [6.45, 7) is 0.639. The number of hydrogen-bond acceptors (Lipinski definition) is 3. The van der Waals surface area contributed by atoms with Gasteiger partial charge in [0, 0.05) is 41.9 Å². The third-order valence-electron chi connectivity index (χ3n) is 5.75. The molecule has 1 fully saturated rings. The summed E-state index contributed by atoms with van der Waals surface area (Å²) in [7, 11) is 1.66. The number of carbonyl (C=O) groups is 1. The van der Waals surface area contributed by atoms with Gasteiger partial charge in [0.15, 0.2) is 0 Å². The molecule has 0 aromatic heterocycles. The van der Waals surface area contributed by atoms with E-state index < -0.39 is 11.4 Å². The maximum Gasteiger partial charge on any atom is 0.250 e. The first-order chi connectivity index (χ1) is 13.5. The number of hydrogen-bond donors (Lipinski definition) is 2. The van der Waals surface area contributed by atoms with Gasteiger partial charge in [-0.1, -0.05) is 41.4 Å². The minimum atomic E-state index is -1.05. The molecule has 7 heteroatoms. The quantitative estimate of drug-likeness (QED) is 0.676. The number of fused-ring (bicyclic) bond motifs is 2. The fourth-order valence-electron chi connectivity index (χ4n) is 4.55. The summed E-state index contributed by atoms with van der Waals surface area (Å²) >= 11 is 12.2. The Labute approximate surface area is 173 Å². The van der Waals surface area contributed by atoms with Gasteiger partial charge in [-0.2, -0.15) is 0 Å². The molecule has 28 heavy (non-hydrogen) atoms. The van der Waals surface area contributed by atoms with Crippen LogP contribution in [0.5, 0.6) is 0 Å². The van der Waals surface area contributed by atoms with Gasteiger partial charge in [-0.3, -0.25) is 10.1 Å². The Morgan fingerprint density at radius 2 is 2.11 bits per heavy atom. The monoisotopic (exact) mass is 422 g/mol. The van der Waals surface area contributed by atoms with Crippen molar-refractivity contribution in [3.8, 4) is 0 Å². The van der Waals surface area contributed by atoms with Gasteiger partial charge < -0.3 is 10.1 Å². The number of ether oxygens (including phenoxy) is 1. The van der Waals surface area contributed by atoms with Crippen LogP contribution in [0.15, 0.2) is 36.4 Å². The van der Waals surface area contributed by atoms with E-state index in [9.17, 15) is 9.18 Å². The molecule has 4 nitrogen and oxygen atoms in total. The lowest BCUT2D eigenvalue weighted by Crippen LogP contribution is -2.49. The molecule has 2 aromatic carbocycles. The molecule has 0 bridgehead atoms. The topological polar surface area (TPSA) is 50.4 Å². The van der Waals surface area contributed by atoms with Gasteiger partial charge in [-0.05, 0) is 43.0 Å². The maximum absolute atomic E-state index is 15.0. The molecular formula is C21H21Cl2FN2O2. The van der Waals surface area contributed by atoms with Crippen molar-refractivity contribution in [1.29, 1.82) is 0 Å². The first-order valence-electron chi connectivity index (χ1n) is 9.29. The van der Waals surface area contributed by atoms with Gasteiger partial charge in [0.25, 0.3) is 0 Å². The summed E-state index contributed by atoms with van der Waals surface area (Å²) in [6, 6.07) is 10.3. The molecule has 2 aromatic rings. The molecule has 1 amide bonds. The van der Waals surface area contributed by atoms with E-state index in [4.69, 9.17) is 27.9 Å². The molecule has 2 aliphatic rings. The fraction of sp³-hybridized carbons (Fsp3) is 0.381. The molecule has 2 aliphatic heterocycles. The lowest BCUT2D eigenvalue weighted by atomic mass is 9.76. The van der Waals surface area contributed by atoms with Crippen LogP contribution in [0.1, 0.15) is 36.3 Å². The van der Waals surface area contributed by atoms with Crippen LogP contribution >= 0.6 is 23.2 Å². The first kappa shape index (κ1) is 19.6. The second kappa shape index (κ2) is 7.64. The van der Waals surface area contributed by atoms with Crippen LogP contribution in [0.2, 0.25) is 10.0 Å². The van der Waals surface area contributed by atoms with Gasteiger partial charge in [0.05, 0.1) is 5.02 Å². The van der Waals surface area contributed by atoms with Crippen molar-refractivity contribution >= 4 is 34.8 Å². The first-order valence-corrected chi connectivity index (χ1v) is 10.0. The van der Waals surface area contributed by atoms with E-state index in [1.807, 2.05) is 6.07 Å². The number of nitrogens with one attached hydrogen (secondary N) is 2. The van der Waals surface area contributed by atoms with Gasteiger partial charge in [-0.15, -0.1) is 0 Å². The van der Waals surface area contributed by atoms with E-state index in [0.29, 0.717) is 29.3 Å². The Morgan fingerprint density at radius 3 is 2.89 bits per heavy atom. The summed E-state index contributed by atoms with van der Waals surface area (Å²) < 4.78 is 20.1. The van der Waals surface area contributed by atoms with Crippen LogP contribution < -0.4 is 10.6 Å². The third kappa shape index (κ3) is 3.11. The van der Waals surface area contributed by atoms with Crippen molar-refractivity contribution in [3.63, 3.8) is 0 Å². The molecule has 3 atom stereocenters. The van der Waals surface area contributed by atoms with Gasteiger partial charge in [0.2, 0.25) is 5.91 Å². The number of halogens is 3. The highest BCUT2D eigenvalue weighted by atomic mass is 35.5. The van der Waals surface area contributed by atoms with E-state index in [2.05, 4.69) is 10.6 Å². The standard InChI is InChI=1S/C21H21Cl2FN2O2/c1-28-9-3-4-13-11-16(14-5-2-6-17(23)19(14)24)21(26-13)15-8-7-12(22)10-18(15)25-20(21)27/h2,5-8,10,13,16,26H,3-4,9,11H2,1H3,(H,25,27). The summed E-state index contributed by atoms with van der Waals surface area (Å²) in [5.74, 6) is -1.05. The van der Waals surface area contributed by atoms with Crippen LogP contribution in [0.4, 0.5) is 10.1 Å². The minimum Gasteiger partial charge on any atom is -0.385 e. The zero-order valence-electron chi connectivity index (χ0n) is 15.4. The molecule has 1 saturated heterocycles. The number of carbonyl (C=O) groups excluding carboxylic acids is 1. The predicted octanol–water partition coefficient (Wildman–Crippen LogP) is 4.85. The Balaban J connectivity index is 1.81. The highest BCUT2D eigenvalue weighted by Crippen LogP contribution is 2.53. The normalized spacial score (nSPS) is 25.9. The van der Waals surface area contributed by atoms with Crippen LogP contribution in [-0.2, 0) is 15.1 Å². The molecule has 2 heterocycles. The van der Waals surface area contributed by atoms with Crippen LogP contribution in [-0.4, -0.2) is 25.7 Å². The SMILES string of the molecule is COCCCC1CC(c2cccc(Cl)c2F)C2(N1)C(=O)Nc1cc(Cl)ccc12. The molecule has 148 valence electrons. The Bertz CT molecular complexity index is 923. The predicted molar refractivity (Wildman–Crippen MR) is 109 cm³/mol. The Hall–Kier alpha value is -1.66. The van der Waals surface area contributed by atoms with Crippen molar-refractivity contribution in [3.05, 3.63) is 63.4 Å². The lowest BCUT2D eigenvalue weighted by molar-refractivity contribution is -0.122. The zero-order valence-corrected chi connectivity index (χ0v) is 16.9. The fourth-order valence-corrected chi connectivity index (χ4v) is 4.91. The van der Waals surface area contributed by atoms with Crippen molar-refractivity contribution in [2.45, 2.75) is 36.8 Å². The smallest absolute Gasteiger partial charge is 0.250 e. The zero-order chi connectivity index (χ0) is 19.9. The number of amides is 1. The number of methoxy groups -OCH3 is 1. The van der Waals surface area contributed by atoms with E-state index in [-0.39, 0.29) is 22.9 Å². The largest absolute Gasteiger partial charge is 0.385 e. The van der Waals surface area contributed by atoms with Gasteiger partial charge in [0.1, 0.15) is 11.4 Å². The van der Waals surface area contributed by atoms with Gasteiger partial charge in [-0.25, -0.2) is 4.39 Å². The van der Waals surface area contributed by atoms with E-state index in [1.54, 1.807) is 31.4 Å². The van der Waals surface area contributed by atoms with Crippen LogP contribution in [0, 0.1) is 5.82 Å². The van der Waals surface area contributed by atoms with E-state index in [0.717, 1.165) is 18.4 Å². The second-order valence-corrected chi connectivity index (χ2v) is 8.20. The number of benzene rings is 2. The van der Waals surface area contributed by atoms with E-state index in [1.165, 1.54) is 6.07 Å². The Kier molecular flexibility index (Phi) is 5.36. The Morgan fingerprint density at radius 1 is 1.29 bits per heavy atom. The molecule has 1 spiro atoms. The van der Waals surface area contributed by atoms with Crippen molar-refractivity contribution < 1.29 is 13.9 Å². The molecule has 0 aliphatic carbocycles. The highest BCUT2D eigenvalue weighted by Gasteiger charge is 2.58. The molecule has 2 N–H and O–H groups in total. The van der Waals surface area contributed by atoms with Crippen molar-refractivity contribution in [2.75, 3.05) is 19.0 Å². The number of rotatable bonds is 5. The maximum atomic E-state index is 15.0. The summed E-state index contributed by atoms with van der Waals surface area (Å²) in [5.41, 5.74) is 0.853. The second-order valence-electron chi connectivity index (χ2n) is 7.36. The molecule has 0 saturated carbocycles. The molecule has 0 radical (unpaired) electrons. The average Bonchev–Trinajstić information content (AvgIpc) is 3.16. The average molecular weight is 423 g/mol. The summed E-state index contributed by atoms with van der Waals surface area (Å²) in [4.78, 5) is 13.2.